The van der Waals surface area contributed by atoms with Crippen LogP contribution in [0.2, 0.25) is 0 Å². The molecule has 5 rings (SSSR count). The SMILES string of the molecule is O=C1c2ccccc2-c2cccc(-c3nc4ccncc4[nH]3)c21. The van der Waals surface area contributed by atoms with Gasteiger partial charge in [0.05, 0.1) is 17.2 Å². The Kier molecular flexibility index (Phi) is 2.33. The molecule has 1 N–H and O–H groups in total. The number of hydrogen-bond donors (Lipinski definition) is 1. The number of H-pyrrole nitrogens is 1. The molecule has 0 unspecified atom stereocenters. The Labute approximate surface area is 131 Å². The van der Waals surface area contributed by atoms with Crippen molar-refractivity contribution in [2.24, 2.45) is 0 Å². The van der Waals surface area contributed by atoms with E-state index in [1.807, 2.05) is 48.5 Å². The lowest BCUT2D eigenvalue weighted by molar-refractivity contribution is 0.104. The van der Waals surface area contributed by atoms with Gasteiger partial charge in [0.2, 0.25) is 0 Å². The lowest BCUT2D eigenvalue weighted by Crippen LogP contribution is -1.98. The summed E-state index contributed by atoms with van der Waals surface area (Å²) in [6.07, 6.45) is 3.45. The van der Waals surface area contributed by atoms with E-state index in [9.17, 15) is 4.79 Å². The fourth-order valence-electron chi connectivity index (χ4n) is 3.25. The maximum absolute atomic E-state index is 12.8. The lowest BCUT2D eigenvalue weighted by atomic mass is 10.0. The molecule has 2 heterocycles. The summed E-state index contributed by atoms with van der Waals surface area (Å²) in [5.41, 5.74) is 5.99. The third kappa shape index (κ3) is 1.63. The first-order valence-corrected chi connectivity index (χ1v) is 7.40. The van der Waals surface area contributed by atoms with Crippen LogP contribution < -0.4 is 0 Å². The van der Waals surface area contributed by atoms with E-state index in [0.29, 0.717) is 5.82 Å². The van der Waals surface area contributed by atoms with E-state index >= 15 is 0 Å². The Bertz CT molecular complexity index is 1060. The van der Waals surface area contributed by atoms with Crippen molar-refractivity contribution in [1.29, 1.82) is 0 Å². The molecule has 1 aliphatic rings. The van der Waals surface area contributed by atoms with Gasteiger partial charge in [-0.05, 0) is 17.2 Å². The monoisotopic (exact) mass is 297 g/mol. The van der Waals surface area contributed by atoms with Crippen molar-refractivity contribution in [3.05, 3.63) is 72.1 Å². The summed E-state index contributed by atoms with van der Waals surface area (Å²) in [5, 5.41) is 0. The average molecular weight is 297 g/mol. The number of nitrogens with zero attached hydrogens (tertiary/aromatic N) is 2. The summed E-state index contributed by atoms with van der Waals surface area (Å²) < 4.78 is 0. The molecular weight excluding hydrogens is 286 g/mol. The number of pyridine rings is 1. The molecule has 0 bridgehead atoms. The van der Waals surface area contributed by atoms with Crippen molar-refractivity contribution >= 4 is 16.8 Å². The normalized spacial score (nSPS) is 12.4. The molecule has 0 aliphatic heterocycles. The van der Waals surface area contributed by atoms with Crippen LogP contribution >= 0.6 is 0 Å². The Hall–Kier alpha value is -3.27. The van der Waals surface area contributed by atoms with Crippen molar-refractivity contribution in [3.8, 4) is 22.5 Å². The van der Waals surface area contributed by atoms with Crippen LogP contribution in [0.25, 0.3) is 33.5 Å². The molecule has 2 aromatic heterocycles. The van der Waals surface area contributed by atoms with Crippen LogP contribution in [0, 0.1) is 0 Å². The van der Waals surface area contributed by atoms with Gasteiger partial charge >= 0.3 is 0 Å². The molecular formula is C19H11N3O. The van der Waals surface area contributed by atoms with Crippen LogP contribution in [0.15, 0.2) is 60.9 Å². The molecule has 4 nitrogen and oxygen atoms in total. The van der Waals surface area contributed by atoms with Crippen LogP contribution in [0.4, 0.5) is 0 Å². The summed E-state index contributed by atoms with van der Waals surface area (Å²) in [6.45, 7) is 0. The van der Waals surface area contributed by atoms with Gasteiger partial charge in [0.15, 0.2) is 5.78 Å². The molecule has 0 spiro atoms. The Morgan fingerprint density at radius 3 is 2.48 bits per heavy atom. The van der Waals surface area contributed by atoms with Gasteiger partial charge in [-0.25, -0.2) is 4.98 Å². The first-order chi connectivity index (χ1) is 11.3. The zero-order valence-electron chi connectivity index (χ0n) is 12.1. The fraction of sp³-hybridized carbons (Fsp3) is 0. The number of fused-ring (bicyclic) bond motifs is 4. The maximum atomic E-state index is 12.8. The molecule has 0 radical (unpaired) electrons. The van der Waals surface area contributed by atoms with Gasteiger partial charge in [-0.15, -0.1) is 0 Å². The molecule has 0 fully saturated rings. The second kappa shape index (κ2) is 4.36. The molecule has 4 heteroatoms. The Balaban J connectivity index is 1.80. The first-order valence-electron chi connectivity index (χ1n) is 7.40. The predicted molar refractivity (Wildman–Crippen MR) is 88.2 cm³/mol. The van der Waals surface area contributed by atoms with E-state index in [1.165, 1.54) is 0 Å². The number of carbonyl (C=O) groups is 1. The van der Waals surface area contributed by atoms with E-state index < -0.39 is 0 Å². The molecule has 23 heavy (non-hydrogen) atoms. The van der Waals surface area contributed by atoms with Gasteiger partial charge in [0.1, 0.15) is 5.82 Å². The number of hydrogen-bond acceptors (Lipinski definition) is 3. The van der Waals surface area contributed by atoms with E-state index in [2.05, 4.69) is 15.0 Å². The number of nitrogens with one attached hydrogen (secondary N) is 1. The van der Waals surface area contributed by atoms with E-state index in [-0.39, 0.29) is 5.78 Å². The molecule has 2 aromatic carbocycles. The first kappa shape index (κ1) is 12.3. The van der Waals surface area contributed by atoms with Crippen molar-refractivity contribution in [3.63, 3.8) is 0 Å². The summed E-state index contributed by atoms with van der Waals surface area (Å²) in [5.74, 6) is 0.760. The number of benzene rings is 2. The standard InChI is InChI=1S/C19H11N3O/c23-18-13-5-2-1-4-11(13)12-6-3-7-14(17(12)18)19-21-15-8-9-20-10-16(15)22-19/h1-10H,(H,21,22). The van der Waals surface area contributed by atoms with Gasteiger partial charge < -0.3 is 4.98 Å². The summed E-state index contributed by atoms with van der Waals surface area (Å²) in [7, 11) is 0. The van der Waals surface area contributed by atoms with Crippen LogP contribution in [0.5, 0.6) is 0 Å². The quantitative estimate of drug-likeness (QED) is 0.511. The highest BCUT2D eigenvalue weighted by molar-refractivity contribution is 6.24. The minimum atomic E-state index is 0.0600. The predicted octanol–water partition coefficient (Wildman–Crippen LogP) is 3.84. The molecule has 0 atom stereocenters. The maximum Gasteiger partial charge on any atom is 0.195 e. The fourth-order valence-corrected chi connectivity index (χ4v) is 3.25. The summed E-state index contributed by atoms with van der Waals surface area (Å²) >= 11 is 0. The van der Waals surface area contributed by atoms with Crippen LogP contribution in [-0.4, -0.2) is 20.7 Å². The Morgan fingerprint density at radius 2 is 1.61 bits per heavy atom. The second-order valence-electron chi connectivity index (χ2n) is 5.58. The van der Waals surface area contributed by atoms with Crippen LogP contribution in [-0.2, 0) is 0 Å². The highest BCUT2D eigenvalue weighted by Crippen LogP contribution is 2.40. The summed E-state index contributed by atoms with van der Waals surface area (Å²) in [4.78, 5) is 24.8. The largest absolute Gasteiger partial charge is 0.337 e. The molecule has 108 valence electrons. The molecule has 0 saturated heterocycles. The number of aromatic nitrogens is 3. The van der Waals surface area contributed by atoms with Crippen LogP contribution in [0.1, 0.15) is 15.9 Å². The number of rotatable bonds is 1. The highest BCUT2D eigenvalue weighted by atomic mass is 16.1. The van der Waals surface area contributed by atoms with Gasteiger partial charge in [0, 0.05) is 22.9 Å². The third-order valence-corrected chi connectivity index (χ3v) is 4.29. The number of imidazole rings is 1. The van der Waals surface area contributed by atoms with Gasteiger partial charge in [0.25, 0.3) is 0 Å². The molecule has 1 aliphatic carbocycles. The topological polar surface area (TPSA) is 58.6 Å². The zero-order chi connectivity index (χ0) is 15.4. The average Bonchev–Trinajstić information content (AvgIpc) is 3.15. The van der Waals surface area contributed by atoms with Crippen molar-refractivity contribution in [2.75, 3.05) is 0 Å². The van der Waals surface area contributed by atoms with Crippen molar-refractivity contribution in [1.82, 2.24) is 15.0 Å². The number of carbonyl (C=O) groups excluding carboxylic acids is 1. The molecule has 0 saturated carbocycles. The third-order valence-electron chi connectivity index (χ3n) is 4.29. The highest BCUT2D eigenvalue weighted by Gasteiger charge is 2.29. The lowest BCUT2D eigenvalue weighted by Gasteiger charge is -2.04. The van der Waals surface area contributed by atoms with E-state index in [0.717, 1.165) is 38.9 Å². The second-order valence-corrected chi connectivity index (χ2v) is 5.58. The van der Waals surface area contributed by atoms with Crippen molar-refractivity contribution in [2.45, 2.75) is 0 Å². The molecule has 0 amide bonds. The molecule has 4 aromatic rings. The van der Waals surface area contributed by atoms with Crippen LogP contribution in [0.3, 0.4) is 0 Å². The van der Waals surface area contributed by atoms with Crippen molar-refractivity contribution < 1.29 is 4.79 Å². The van der Waals surface area contributed by atoms with E-state index in [1.54, 1.807) is 12.4 Å². The van der Waals surface area contributed by atoms with Gasteiger partial charge in [-0.2, -0.15) is 0 Å². The Morgan fingerprint density at radius 1 is 0.826 bits per heavy atom. The van der Waals surface area contributed by atoms with Gasteiger partial charge in [-0.3, -0.25) is 9.78 Å². The van der Waals surface area contributed by atoms with E-state index in [4.69, 9.17) is 0 Å². The minimum absolute atomic E-state index is 0.0600. The smallest absolute Gasteiger partial charge is 0.195 e. The van der Waals surface area contributed by atoms with Gasteiger partial charge in [-0.1, -0.05) is 42.5 Å². The zero-order valence-corrected chi connectivity index (χ0v) is 12.1. The number of aromatic amines is 1. The summed E-state index contributed by atoms with van der Waals surface area (Å²) in [6, 6.07) is 15.5. The minimum Gasteiger partial charge on any atom is -0.337 e. The number of ketones is 1.